The molecular formula is C16H21N3S. The van der Waals surface area contributed by atoms with E-state index in [9.17, 15) is 0 Å². The van der Waals surface area contributed by atoms with Gasteiger partial charge in [0.25, 0.3) is 0 Å². The molecule has 0 amide bonds. The summed E-state index contributed by atoms with van der Waals surface area (Å²) >= 11 is 1.77. The van der Waals surface area contributed by atoms with Crippen molar-refractivity contribution in [1.82, 2.24) is 10.3 Å². The summed E-state index contributed by atoms with van der Waals surface area (Å²) < 4.78 is 0. The minimum Gasteiger partial charge on any atom is -0.347 e. The topological polar surface area (TPSA) is 28.2 Å². The third kappa shape index (κ3) is 3.02. The van der Waals surface area contributed by atoms with Gasteiger partial charge in [-0.15, -0.1) is 11.3 Å². The van der Waals surface area contributed by atoms with Crippen molar-refractivity contribution in [2.24, 2.45) is 0 Å². The highest BCUT2D eigenvalue weighted by atomic mass is 32.1. The Balaban J connectivity index is 1.68. The number of rotatable bonds is 4. The number of anilines is 1. The summed E-state index contributed by atoms with van der Waals surface area (Å²) in [5.74, 6) is 0. The van der Waals surface area contributed by atoms with Crippen molar-refractivity contribution in [1.29, 1.82) is 0 Å². The van der Waals surface area contributed by atoms with Crippen LogP contribution in [0.25, 0.3) is 0 Å². The van der Waals surface area contributed by atoms with E-state index in [1.807, 2.05) is 0 Å². The second kappa shape index (κ2) is 6.37. The molecule has 2 aromatic rings. The second-order valence-corrected chi connectivity index (χ2v) is 5.99. The molecule has 1 aromatic heterocycles. The standard InChI is InChI=1S/C16H21N3S/c1-2-17-11-15-12-20-16(18-15)19-9-7-13-5-3-4-6-14(13)8-10-19/h3-6,12,17H,2,7-11H2,1H3. The van der Waals surface area contributed by atoms with Crippen LogP contribution in [0.4, 0.5) is 5.13 Å². The van der Waals surface area contributed by atoms with Crippen molar-refractivity contribution < 1.29 is 0 Å². The average Bonchev–Trinajstić information content (AvgIpc) is 2.84. The molecule has 0 atom stereocenters. The molecule has 1 aromatic carbocycles. The first-order valence-electron chi connectivity index (χ1n) is 7.33. The van der Waals surface area contributed by atoms with E-state index in [0.29, 0.717) is 0 Å². The van der Waals surface area contributed by atoms with Gasteiger partial charge in [-0.1, -0.05) is 31.2 Å². The van der Waals surface area contributed by atoms with Crippen LogP contribution in [0.5, 0.6) is 0 Å². The number of benzene rings is 1. The Morgan fingerprint density at radius 1 is 1.20 bits per heavy atom. The second-order valence-electron chi connectivity index (χ2n) is 5.16. The SMILES string of the molecule is CCNCc1csc(N2CCc3ccccc3CC2)n1. The Morgan fingerprint density at radius 2 is 1.90 bits per heavy atom. The molecule has 3 rings (SSSR count). The fourth-order valence-electron chi connectivity index (χ4n) is 2.63. The first-order valence-corrected chi connectivity index (χ1v) is 8.21. The number of nitrogens with zero attached hydrogens (tertiary/aromatic N) is 2. The molecular weight excluding hydrogens is 266 g/mol. The molecule has 0 bridgehead atoms. The molecule has 2 heterocycles. The molecule has 0 saturated carbocycles. The minimum atomic E-state index is 0.876. The maximum absolute atomic E-state index is 4.76. The number of thiazole rings is 1. The monoisotopic (exact) mass is 287 g/mol. The van der Waals surface area contributed by atoms with Gasteiger partial charge in [-0.2, -0.15) is 0 Å². The van der Waals surface area contributed by atoms with Gasteiger partial charge < -0.3 is 10.2 Å². The van der Waals surface area contributed by atoms with Crippen LogP contribution >= 0.6 is 11.3 Å². The van der Waals surface area contributed by atoms with Crippen LogP contribution in [0, 0.1) is 0 Å². The summed E-state index contributed by atoms with van der Waals surface area (Å²) in [5.41, 5.74) is 4.16. The van der Waals surface area contributed by atoms with Crippen molar-refractivity contribution >= 4 is 16.5 Å². The normalized spacial score (nSPS) is 14.9. The molecule has 4 heteroatoms. The number of aromatic nitrogens is 1. The summed E-state index contributed by atoms with van der Waals surface area (Å²) in [5, 5.41) is 6.68. The van der Waals surface area contributed by atoms with Crippen molar-refractivity contribution in [3.63, 3.8) is 0 Å². The molecule has 1 aliphatic heterocycles. The molecule has 20 heavy (non-hydrogen) atoms. The lowest BCUT2D eigenvalue weighted by atomic mass is 10.0. The molecule has 1 N–H and O–H groups in total. The summed E-state index contributed by atoms with van der Waals surface area (Å²) in [6.07, 6.45) is 2.25. The molecule has 1 aliphatic rings. The Kier molecular flexibility index (Phi) is 4.33. The maximum Gasteiger partial charge on any atom is 0.185 e. The first-order chi connectivity index (χ1) is 9.86. The zero-order valence-electron chi connectivity index (χ0n) is 11.9. The molecule has 0 radical (unpaired) electrons. The highest BCUT2D eigenvalue weighted by Crippen LogP contribution is 2.24. The van der Waals surface area contributed by atoms with Gasteiger partial charge in [0.15, 0.2) is 5.13 Å². The fraction of sp³-hybridized carbons (Fsp3) is 0.438. The van der Waals surface area contributed by atoms with Gasteiger partial charge in [0.05, 0.1) is 5.69 Å². The van der Waals surface area contributed by atoms with Crippen LogP contribution in [0.3, 0.4) is 0 Å². The first kappa shape index (κ1) is 13.6. The van der Waals surface area contributed by atoms with Crippen LogP contribution in [0.1, 0.15) is 23.7 Å². The van der Waals surface area contributed by atoms with Gasteiger partial charge in [0.2, 0.25) is 0 Å². The Hall–Kier alpha value is -1.39. The lowest BCUT2D eigenvalue weighted by Gasteiger charge is -2.18. The fourth-order valence-corrected chi connectivity index (χ4v) is 3.51. The van der Waals surface area contributed by atoms with Gasteiger partial charge in [-0.3, -0.25) is 0 Å². The van der Waals surface area contributed by atoms with Crippen LogP contribution in [0.2, 0.25) is 0 Å². The van der Waals surface area contributed by atoms with E-state index in [2.05, 4.69) is 46.8 Å². The van der Waals surface area contributed by atoms with E-state index in [1.165, 1.54) is 16.3 Å². The summed E-state index contributed by atoms with van der Waals surface area (Å²) in [6, 6.07) is 8.81. The van der Waals surface area contributed by atoms with Crippen LogP contribution in [0.15, 0.2) is 29.6 Å². The van der Waals surface area contributed by atoms with E-state index in [-0.39, 0.29) is 0 Å². The molecule has 0 saturated heterocycles. The Morgan fingerprint density at radius 3 is 2.55 bits per heavy atom. The Bertz CT molecular complexity index is 537. The predicted molar refractivity (Wildman–Crippen MR) is 85.6 cm³/mol. The molecule has 106 valence electrons. The third-order valence-electron chi connectivity index (χ3n) is 3.79. The molecule has 0 spiro atoms. The quantitative estimate of drug-likeness (QED) is 0.937. The van der Waals surface area contributed by atoms with Gasteiger partial charge in [0, 0.05) is 25.0 Å². The van der Waals surface area contributed by atoms with Gasteiger partial charge in [-0.05, 0) is 30.5 Å². The van der Waals surface area contributed by atoms with Gasteiger partial charge >= 0.3 is 0 Å². The van der Waals surface area contributed by atoms with Crippen LogP contribution in [-0.4, -0.2) is 24.6 Å². The van der Waals surface area contributed by atoms with Crippen LogP contribution < -0.4 is 10.2 Å². The van der Waals surface area contributed by atoms with E-state index in [0.717, 1.165) is 44.7 Å². The van der Waals surface area contributed by atoms with Crippen molar-refractivity contribution in [3.8, 4) is 0 Å². The third-order valence-corrected chi connectivity index (χ3v) is 4.74. The number of fused-ring (bicyclic) bond motifs is 1. The van der Waals surface area contributed by atoms with E-state index in [4.69, 9.17) is 4.98 Å². The zero-order valence-corrected chi connectivity index (χ0v) is 12.7. The van der Waals surface area contributed by atoms with Gasteiger partial charge in [0.1, 0.15) is 0 Å². The summed E-state index contributed by atoms with van der Waals surface area (Å²) in [4.78, 5) is 7.19. The number of hydrogen-bond acceptors (Lipinski definition) is 4. The van der Waals surface area contributed by atoms with E-state index in [1.54, 1.807) is 11.3 Å². The highest BCUT2D eigenvalue weighted by molar-refractivity contribution is 7.13. The Labute approximate surface area is 124 Å². The largest absolute Gasteiger partial charge is 0.347 e. The lowest BCUT2D eigenvalue weighted by molar-refractivity contribution is 0.711. The highest BCUT2D eigenvalue weighted by Gasteiger charge is 2.16. The zero-order chi connectivity index (χ0) is 13.8. The number of hydrogen-bond donors (Lipinski definition) is 1. The molecule has 0 aliphatic carbocycles. The predicted octanol–water partition coefficient (Wildman–Crippen LogP) is 2.86. The van der Waals surface area contributed by atoms with E-state index >= 15 is 0 Å². The summed E-state index contributed by atoms with van der Waals surface area (Å²) in [6.45, 7) is 6.14. The van der Waals surface area contributed by atoms with Crippen LogP contribution in [-0.2, 0) is 19.4 Å². The lowest BCUT2D eigenvalue weighted by Crippen LogP contribution is -2.26. The van der Waals surface area contributed by atoms with Gasteiger partial charge in [-0.25, -0.2) is 4.98 Å². The minimum absolute atomic E-state index is 0.876. The summed E-state index contributed by atoms with van der Waals surface area (Å²) in [7, 11) is 0. The van der Waals surface area contributed by atoms with Crippen molar-refractivity contribution in [3.05, 3.63) is 46.5 Å². The number of nitrogens with one attached hydrogen (secondary N) is 1. The van der Waals surface area contributed by atoms with E-state index < -0.39 is 0 Å². The maximum atomic E-state index is 4.76. The smallest absolute Gasteiger partial charge is 0.185 e. The molecule has 0 fully saturated rings. The molecule has 0 unspecified atom stereocenters. The van der Waals surface area contributed by atoms with Crippen molar-refractivity contribution in [2.75, 3.05) is 24.5 Å². The molecule has 3 nitrogen and oxygen atoms in total. The average molecular weight is 287 g/mol. The van der Waals surface area contributed by atoms with Crippen molar-refractivity contribution in [2.45, 2.75) is 26.3 Å².